The van der Waals surface area contributed by atoms with Crippen molar-refractivity contribution in [3.8, 4) is 0 Å². The number of fused-ring (bicyclic) bond motifs is 1. The van der Waals surface area contributed by atoms with Crippen molar-refractivity contribution in [3.05, 3.63) is 42.5 Å². The van der Waals surface area contributed by atoms with Gasteiger partial charge in [-0.25, -0.2) is 8.42 Å². The Morgan fingerprint density at radius 1 is 0.783 bits per heavy atom. The quantitative estimate of drug-likeness (QED) is 0.809. The predicted octanol–water partition coefficient (Wildman–Crippen LogP) is 4.58. The van der Waals surface area contributed by atoms with E-state index < -0.39 is 14.6 Å². The number of benzene rings is 2. The smallest absolute Gasteiger partial charge is 0.184 e. The molecule has 6 rings (SSSR count). The van der Waals surface area contributed by atoms with Crippen molar-refractivity contribution in [2.45, 2.75) is 48.2 Å². The highest BCUT2D eigenvalue weighted by Gasteiger charge is 2.57. The van der Waals surface area contributed by atoms with Crippen LogP contribution >= 0.6 is 0 Å². The molecule has 0 amide bonds. The van der Waals surface area contributed by atoms with E-state index in [1.807, 2.05) is 42.5 Å². The van der Waals surface area contributed by atoms with Crippen molar-refractivity contribution in [2.75, 3.05) is 0 Å². The van der Waals surface area contributed by atoms with Crippen LogP contribution in [0, 0.1) is 17.8 Å². The van der Waals surface area contributed by atoms with E-state index in [9.17, 15) is 8.42 Å². The van der Waals surface area contributed by atoms with Crippen LogP contribution in [0.5, 0.6) is 0 Å². The topological polar surface area (TPSA) is 34.1 Å². The summed E-state index contributed by atoms with van der Waals surface area (Å²) in [7, 11) is -3.28. The molecule has 0 aliphatic heterocycles. The van der Waals surface area contributed by atoms with E-state index in [4.69, 9.17) is 0 Å². The average molecular weight is 326 g/mol. The molecule has 2 aromatic carbocycles. The van der Waals surface area contributed by atoms with Gasteiger partial charge < -0.3 is 0 Å². The molecule has 0 aromatic heterocycles. The van der Waals surface area contributed by atoms with Gasteiger partial charge in [0.2, 0.25) is 0 Å². The van der Waals surface area contributed by atoms with Gasteiger partial charge in [-0.2, -0.15) is 0 Å². The second kappa shape index (κ2) is 4.60. The van der Waals surface area contributed by atoms with Crippen molar-refractivity contribution in [3.63, 3.8) is 0 Å². The fraction of sp³-hybridized carbons (Fsp3) is 0.500. The molecule has 4 fully saturated rings. The maximum absolute atomic E-state index is 13.7. The Hall–Kier alpha value is -1.35. The van der Waals surface area contributed by atoms with Crippen LogP contribution in [0.25, 0.3) is 10.8 Å². The average Bonchev–Trinajstić information content (AvgIpc) is 2.53. The molecule has 2 nitrogen and oxygen atoms in total. The lowest BCUT2D eigenvalue weighted by Gasteiger charge is -2.55. The highest BCUT2D eigenvalue weighted by molar-refractivity contribution is 7.93. The van der Waals surface area contributed by atoms with Gasteiger partial charge in [0.1, 0.15) is 0 Å². The summed E-state index contributed by atoms with van der Waals surface area (Å²) in [4.78, 5) is 0.567. The van der Waals surface area contributed by atoms with Gasteiger partial charge in [0.05, 0.1) is 9.64 Å². The summed E-state index contributed by atoms with van der Waals surface area (Å²) >= 11 is 0. The van der Waals surface area contributed by atoms with Crippen LogP contribution in [0.2, 0.25) is 0 Å². The molecule has 0 saturated heterocycles. The lowest BCUT2D eigenvalue weighted by Crippen LogP contribution is -2.54. The van der Waals surface area contributed by atoms with Gasteiger partial charge in [-0.1, -0.05) is 36.4 Å². The fourth-order valence-electron chi connectivity index (χ4n) is 6.02. The monoisotopic (exact) mass is 326 g/mol. The van der Waals surface area contributed by atoms with Gasteiger partial charge in [-0.3, -0.25) is 0 Å². The molecular weight excluding hydrogens is 304 g/mol. The van der Waals surface area contributed by atoms with E-state index in [1.165, 1.54) is 19.3 Å². The molecule has 4 aliphatic rings. The molecular formula is C20H22O2S. The Kier molecular flexibility index (Phi) is 2.80. The second-order valence-electron chi connectivity index (χ2n) is 8.08. The van der Waals surface area contributed by atoms with E-state index in [2.05, 4.69) is 0 Å². The van der Waals surface area contributed by atoms with E-state index >= 15 is 0 Å². The minimum absolute atomic E-state index is 0.480. The van der Waals surface area contributed by atoms with Crippen LogP contribution in [0.1, 0.15) is 38.5 Å². The lowest BCUT2D eigenvalue weighted by atomic mass is 9.56. The SMILES string of the molecule is O=S(=O)(c1cccc2ccccc12)C12CC3CC(CC(C3)C1)C2. The molecule has 4 saturated carbocycles. The van der Waals surface area contributed by atoms with E-state index in [0.29, 0.717) is 22.6 Å². The summed E-state index contributed by atoms with van der Waals surface area (Å²) in [6.07, 6.45) is 6.48. The zero-order valence-corrected chi connectivity index (χ0v) is 14.1. The maximum atomic E-state index is 13.7. The summed E-state index contributed by atoms with van der Waals surface area (Å²) in [5.74, 6) is 1.93. The standard InChI is InChI=1S/C20H22O2S/c21-23(22,19-7-3-5-17-4-1-2-6-18(17)19)20-11-14-8-15(12-20)10-16(9-14)13-20/h1-7,14-16H,8-13H2. The Morgan fingerprint density at radius 2 is 1.35 bits per heavy atom. The van der Waals surface area contributed by atoms with Gasteiger partial charge in [-0.05, 0) is 67.7 Å². The summed E-state index contributed by atoms with van der Waals surface area (Å²) in [5.41, 5.74) is 0. The minimum atomic E-state index is -3.28. The molecule has 0 atom stereocenters. The first-order valence-electron chi connectivity index (χ1n) is 8.80. The molecule has 120 valence electrons. The number of hydrogen-bond acceptors (Lipinski definition) is 2. The van der Waals surface area contributed by atoms with Gasteiger partial charge in [0.25, 0.3) is 0 Å². The van der Waals surface area contributed by atoms with Crippen LogP contribution in [-0.4, -0.2) is 13.2 Å². The minimum Gasteiger partial charge on any atom is -0.223 e. The van der Waals surface area contributed by atoms with Crippen molar-refractivity contribution < 1.29 is 8.42 Å². The third kappa shape index (κ3) is 1.89. The fourth-order valence-corrected chi connectivity index (χ4v) is 8.59. The van der Waals surface area contributed by atoms with Crippen LogP contribution in [0.3, 0.4) is 0 Å². The van der Waals surface area contributed by atoms with Crippen molar-refractivity contribution in [1.82, 2.24) is 0 Å². The van der Waals surface area contributed by atoms with E-state index in [0.717, 1.165) is 30.0 Å². The zero-order chi connectivity index (χ0) is 15.7. The predicted molar refractivity (Wildman–Crippen MR) is 92.0 cm³/mol. The molecule has 0 heterocycles. The first kappa shape index (κ1) is 14.0. The van der Waals surface area contributed by atoms with Crippen LogP contribution < -0.4 is 0 Å². The first-order valence-corrected chi connectivity index (χ1v) is 10.3. The van der Waals surface area contributed by atoms with Gasteiger partial charge in [0.15, 0.2) is 9.84 Å². The molecule has 0 radical (unpaired) electrons. The summed E-state index contributed by atoms with van der Waals surface area (Å²) < 4.78 is 26.9. The molecule has 4 aliphatic carbocycles. The third-order valence-corrected chi connectivity index (χ3v) is 9.17. The van der Waals surface area contributed by atoms with Crippen molar-refractivity contribution in [2.24, 2.45) is 17.8 Å². The molecule has 3 heteroatoms. The maximum Gasteiger partial charge on any atom is 0.184 e. The Labute approximate surface area is 137 Å². The molecule has 0 spiro atoms. The summed E-state index contributed by atoms with van der Waals surface area (Å²) in [6, 6.07) is 13.6. The molecule has 0 N–H and O–H groups in total. The van der Waals surface area contributed by atoms with Gasteiger partial charge >= 0.3 is 0 Å². The summed E-state index contributed by atoms with van der Waals surface area (Å²) in [5, 5.41) is 1.92. The number of hydrogen-bond donors (Lipinski definition) is 0. The molecule has 23 heavy (non-hydrogen) atoms. The van der Waals surface area contributed by atoms with Crippen LogP contribution in [-0.2, 0) is 9.84 Å². The number of rotatable bonds is 2. The van der Waals surface area contributed by atoms with Crippen molar-refractivity contribution >= 4 is 20.6 Å². The largest absolute Gasteiger partial charge is 0.223 e. The normalized spacial score (nSPS) is 35.7. The Bertz CT molecular complexity index is 841. The molecule has 2 aromatic rings. The van der Waals surface area contributed by atoms with Crippen LogP contribution in [0.4, 0.5) is 0 Å². The van der Waals surface area contributed by atoms with Crippen LogP contribution in [0.15, 0.2) is 47.4 Å². The Morgan fingerprint density at radius 3 is 2.00 bits per heavy atom. The van der Waals surface area contributed by atoms with E-state index in [1.54, 1.807) is 0 Å². The van der Waals surface area contributed by atoms with Crippen molar-refractivity contribution in [1.29, 1.82) is 0 Å². The summed E-state index contributed by atoms with van der Waals surface area (Å²) in [6.45, 7) is 0. The third-order valence-electron chi connectivity index (χ3n) is 6.59. The highest BCUT2D eigenvalue weighted by atomic mass is 32.2. The molecule has 0 unspecified atom stereocenters. The lowest BCUT2D eigenvalue weighted by molar-refractivity contribution is 0.0339. The van der Waals surface area contributed by atoms with Gasteiger partial charge in [0, 0.05) is 5.39 Å². The van der Waals surface area contributed by atoms with E-state index in [-0.39, 0.29) is 0 Å². The zero-order valence-electron chi connectivity index (χ0n) is 13.2. The number of sulfone groups is 1. The second-order valence-corrected chi connectivity index (χ2v) is 10.4. The Balaban J connectivity index is 1.70. The first-order chi connectivity index (χ1) is 11.1. The van der Waals surface area contributed by atoms with Gasteiger partial charge in [-0.15, -0.1) is 0 Å². The molecule has 4 bridgehead atoms. The highest BCUT2D eigenvalue weighted by Crippen LogP contribution is 2.59.